The average Bonchev–Trinajstić information content (AvgIpc) is 3.19. The Morgan fingerprint density at radius 3 is 0.983 bits per heavy atom. The highest BCUT2D eigenvalue weighted by molar-refractivity contribution is 7.92. The van der Waals surface area contributed by atoms with Gasteiger partial charge in [0.15, 0.2) is 0 Å². The molecule has 1 aromatic heterocycles. The van der Waals surface area contributed by atoms with E-state index < -0.39 is 56.0 Å². The molecular formula is C37H37N9O8S4. The second-order valence-corrected chi connectivity index (χ2v) is 20.0. The van der Waals surface area contributed by atoms with Gasteiger partial charge in [0.2, 0.25) is 25.6 Å². The number of hydrogen-bond donors (Lipinski definition) is 6. The normalized spacial score (nSPS) is 12.1. The molecule has 0 aliphatic heterocycles. The predicted octanol–water partition coefficient (Wildman–Crippen LogP) is 4.82. The summed E-state index contributed by atoms with van der Waals surface area (Å²) in [5.74, 6) is -0.528. The first-order valence-electron chi connectivity index (χ1n) is 17.1. The van der Waals surface area contributed by atoms with Crippen molar-refractivity contribution in [3.63, 3.8) is 0 Å². The predicted molar refractivity (Wildman–Crippen MR) is 217 cm³/mol. The fourth-order valence-corrected chi connectivity index (χ4v) is 9.08. The molecule has 0 unspecified atom stereocenters. The van der Waals surface area contributed by atoms with Gasteiger partial charge in [0.1, 0.15) is 0 Å². The third-order valence-electron chi connectivity index (χ3n) is 8.31. The molecule has 5 aromatic carbocycles. The summed E-state index contributed by atoms with van der Waals surface area (Å²) in [5, 5.41) is -1.73. The van der Waals surface area contributed by atoms with Gasteiger partial charge in [-0.15, -0.1) is 9.66 Å². The van der Waals surface area contributed by atoms with Crippen LogP contribution >= 0.6 is 0 Å². The van der Waals surface area contributed by atoms with E-state index in [-0.39, 0.29) is 36.6 Å². The van der Waals surface area contributed by atoms with Gasteiger partial charge in [-0.25, -0.2) is 33.7 Å². The second kappa shape index (κ2) is 16.5. The second-order valence-electron chi connectivity index (χ2n) is 13.0. The van der Waals surface area contributed by atoms with Crippen LogP contribution in [0.1, 0.15) is 22.3 Å². The lowest BCUT2D eigenvalue weighted by atomic mass is 10.2. The Hall–Kier alpha value is -5.97. The largest absolute Gasteiger partial charge is 0.308 e. The van der Waals surface area contributed by atoms with Gasteiger partial charge >= 0.3 is 0 Å². The molecule has 21 heteroatoms. The molecule has 0 atom stereocenters. The van der Waals surface area contributed by atoms with Crippen molar-refractivity contribution in [1.29, 1.82) is 0 Å². The Kier molecular flexibility index (Phi) is 11.8. The van der Waals surface area contributed by atoms with E-state index in [9.17, 15) is 33.7 Å². The number of hydrazine groups is 3. The van der Waals surface area contributed by atoms with Gasteiger partial charge in [-0.3, -0.25) is 10.9 Å². The number of sulfone groups is 2. The molecule has 0 saturated heterocycles. The minimum atomic E-state index is -4.48. The van der Waals surface area contributed by atoms with Gasteiger partial charge in [0.05, 0.1) is 36.6 Å². The third kappa shape index (κ3) is 9.76. The van der Waals surface area contributed by atoms with E-state index in [1.807, 2.05) is 0 Å². The first kappa shape index (κ1) is 41.7. The highest BCUT2D eigenvalue weighted by Crippen LogP contribution is 2.26. The molecule has 302 valence electrons. The summed E-state index contributed by atoms with van der Waals surface area (Å²) in [7, 11) is -17.1. The van der Waals surface area contributed by atoms with E-state index in [0.717, 1.165) is 22.3 Å². The molecule has 58 heavy (non-hydrogen) atoms. The van der Waals surface area contributed by atoms with E-state index in [0.29, 0.717) is 0 Å². The zero-order chi connectivity index (χ0) is 41.9. The molecule has 6 aromatic rings. The van der Waals surface area contributed by atoms with Crippen LogP contribution in [0.4, 0.5) is 23.0 Å². The molecular weight excluding hydrogens is 827 g/mol. The lowest BCUT2D eigenvalue weighted by Crippen LogP contribution is -2.31. The number of benzene rings is 5. The molecule has 0 bridgehead atoms. The molecule has 0 aliphatic carbocycles. The fourth-order valence-electron chi connectivity index (χ4n) is 5.06. The molecule has 6 N–H and O–H groups in total. The Morgan fingerprint density at radius 1 is 0.362 bits per heavy atom. The lowest BCUT2D eigenvalue weighted by Gasteiger charge is -2.16. The van der Waals surface area contributed by atoms with Crippen molar-refractivity contribution >= 4 is 62.7 Å². The van der Waals surface area contributed by atoms with Crippen molar-refractivity contribution < 1.29 is 33.7 Å². The van der Waals surface area contributed by atoms with Gasteiger partial charge in [0.25, 0.3) is 30.4 Å². The number of aromatic nitrogens is 3. The minimum Gasteiger partial charge on any atom is -0.308 e. The van der Waals surface area contributed by atoms with Crippen LogP contribution < -0.4 is 31.4 Å². The number of hydrogen-bond acceptors (Lipinski definition) is 15. The van der Waals surface area contributed by atoms with Gasteiger partial charge in [0, 0.05) is 0 Å². The van der Waals surface area contributed by atoms with E-state index in [2.05, 4.69) is 46.3 Å². The SMILES string of the molecule is Cc1ccc(S(=O)(=O)NNc2cc(NNc3nc(S(=O)(=O)c4ccc(C)cc4)nc(S(=O)(=O)c4ccc(C)cc4)n3)cc(NNS(=O)(=O)c3ccc(C)cc3)c2)cc1. The standard InChI is InChI=1S/C37H37N9O8S4/c1-24-5-13-31(14-6-24)55(47,48)36-38-35(39-37(40-36)56(49,50)32-15-7-25(2)8-16-32)44-41-28-21-29(42-45-57(51,52)33-17-9-26(3)10-18-33)23-30(22-28)43-46-58(53,54)34-19-11-27(4)12-20-34/h5-23,41-43,45-46H,1-4H3,(H,38,39,40,44). The van der Waals surface area contributed by atoms with Gasteiger partial charge in [-0.1, -0.05) is 70.8 Å². The maximum Gasteiger partial charge on any atom is 0.258 e. The lowest BCUT2D eigenvalue weighted by molar-refractivity contribution is 0.570. The molecule has 0 radical (unpaired) electrons. The van der Waals surface area contributed by atoms with Crippen LogP contribution in [0.15, 0.2) is 145 Å². The molecule has 17 nitrogen and oxygen atoms in total. The average molecular weight is 864 g/mol. The van der Waals surface area contributed by atoms with E-state index >= 15 is 0 Å². The highest BCUT2D eigenvalue weighted by atomic mass is 32.2. The molecule has 0 spiro atoms. The molecule has 0 amide bonds. The van der Waals surface area contributed by atoms with Crippen molar-refractivity contribution in [2.45, 2.75) is 57.6 Å². The monoisotopic (exact) mass is 863 g/mol. The van der Waals surface area contributed by atoms with Crippen molar-refractivity contribution in [2.24, 2.45) is 0 Å². The summed E-state index contributed by atoms with van der Waals surface area (Å²) in [6, 6.07) is 27.9. The van der Waals surface area contributed by atoms with Crippen LogP contribution in [-0.4, -0.2) is 48.6 Å². The third-order valence-corrected chi connectivity index (χ3v) is 14.0. The van der Waals surface area contributed by atoms with Crippen LogP contribution in [-0.2, 0) is 39.7 Å². The Labute approximate surface area is 336 Å². The van der Waals surface area contributed by atoms with Gasteiger partial charge in [-0.2, -0.15) is 15.0 Å². The van der Waals surface area contributed by atoms with E-state index in [1.54, 1.807) is 76.2 Å². The Morgan fingerprint density at radius 2 is 0.655 bits per heavy atom. The zero-order valence-corrected chi connectivity index (χ0v) is 34.5. The Balaban J connectivity index is 1.35. The highest BCUT2D eigenvalue weighted by Gasteiger charge is 2.29. The smallest absolute Gasteiger partial charge is 0.258 e. The summed E-state index contributed by atoms with van der Waals surface area (Å²) in [6.45, 7) is 7.15. The first-order valence-corrected chi connectivity index (χ1v) is 23.0. The van der Waals surface area contributed by atoms with Crippen LogP contribution in [0.5, 0.6) is 0 Å². The number of aryl methyl sites for hydroxylation is 4. The van der Waals surface area contributed by atoms with Crippen molar-refractivity contribution in [2.75, 3.05) is 21.7 Å². The first-order chi connectivity index (χ1) is 27.3. The fraction of sp³-hybridized carbons (Fsp3) is 0.108. The van der Waals surface area contributed by atoms with Crippen LogP contribution in [0.2, 0.25) is 0 Å². The molecule has 0 fully saturated rings. The summed E-state index contributed by atoms with van der Waals surface area (Å²) in [5.41, 5.74) is 14.0. The van der Waals surface area contributed by atoms with Gasteiger partial charge < -0.3 is 10.9 Å². The quantitative estimate of drug-likeness (QED) is 0.0758. The molecule has 0 aliphatic rings. The minimum absolute atomic E-state index is 0.0339. The number of rotatable bonds is 15. The number of sulfonamides is 2. The number of nitrogens with zero attached hydrogens (tertiary/aromatic N) is 3. The molecule has 1 heterocycles. The van der Waals surface area contributed by atoms with Crippen molar-refractivity contribution in [3.8, 4) is 0 Å². The van der Waals surface area contributed by atoms with E-state index in [1.165, 1.54) is 66.7 Å². The van der Waals surface area contributed by atoms with Gasteiger partial charge in [-0.05, 0) is 94.4 Å². The van der Waals surface area contributed by atoms with E-state index in [4.69, 9.17) is 0 Å². The van der Waals surface area contributed by atoms with Crippen LogP contribution in [0.3, 0.4) is 0 Å². The Bertz CT molecular complexity index is 2720. The molecule has 0 saturated carbocycles. The zero-order valence-electron chi connectivity index (χ0n) is 31.2. The maximum absolute atomic E-state index is 13.7. The topological polar surface area (TPSA) is 247 Å². The molecule has 6 rings (SSSR count). The number of anilines is 4. The maximum atomic E-state index is 13.7. The van der Waals surface area contributed by atoms with Crippen molar-refractivity contribution in [1.82, 2.24) is 24.6 Å². The number of nitrogens with one attached hydrogen (secondary N) is 6. The van der Waals surface area contributed by atoms with Crippen molar-refractivity contribution in [3.05, 3.63) is 138 Å². The summed E-state index contributed by atoms with van der Waals surface area (Å²) in [4.78, 5) is 16.1. The van der Waals surface area contributed by atoms with Crippen LogP contribution in [0, 0.1) is 27.7 Å². The van der Waals surface area contributed by atoms with Crippen LogP contribution in [0.25, 0.3) is 0 Å². The summed E-state index contributed by atoms with van der Waals surface area (Å²) < 4.78 is 107. The summed E-state index contributed by atoms with van der Waals surface area (Å²) >= 11 is 0. The summed E-state index contributed by atoms with van der Waals surface area (Å²) in [6.07, 6.45) is 0.